The average Bonchev–Trinajstić information content (AvgIpc) is 3.76. The maximum atomic E-state index is 2.58. The molecule has 49 heavy (non-hydrogen) atoms. The summed E-state index contributed by atoms with van der Waals surface area (Å²) in [6.07, 6.45) is 5.71. The Bertz CT molecular complexity index is 2720. The summed E-state index contributed by atoms with van der Waals surface area (Å²) in [5.41, 5.74) is 12.8. The van der Waals surface area contributed by atoms with Crippen LogP contribution in [0, 0.1) is 0 Å². The van der Waals surface area contributed by atoms with Gasteiger partial charge in [0.1, 0.15) is 0 Å². The van der Waals surface area contributed by atoms with Gasteiger partial charge in [-0.05, 0) is 89.7 Å². The average molecular weight is 632 g/mol. The third-order valence-electron chi connectivity index (χ3n) is 10.7. The second-order valence-electron chi connectivity index (χ2n) is 14.6. The van der Waals surface area contributed by atoms with E-state index in [0.29, 0.717) is 0 Å². The highest BCUT2D eigenvalue weighted by atomic mass is 15.0. The van der Waals surface area contributed by atoms with Gasteiger partial charge in [-0.1, -0.05) is 106 Å². The molecule has 1 aliphatic carbocycles. The van der Waals surface area contributed by atoms with E-state index in [9.17, 15) is 0 Å². The summed E-state index contributed by atoms with van der Waals surface area (Å²) in [5.74, 6) is 0. The Morgan fingerprint density at radius 2 is 1.06 bits per heavy atom. The van der Waals surface area contributed by atoms with Crippen LogP contribution in [0.3, 0.4) is 0 Å². The van der Waals surface area contributed by atoms with Crippen molar-refractivity contribution in [2.24, 2.45) is 0 Å². The van der Waals surface area contributed by atoms with Gasteiger partial charge < -0.3 is 13.7 Å². The standard InChI is InChI=1S/C46H37N3/c1-46(2,3)30-21-24-43-37(27-30)36-17-9-12-20-42(36)49(43)33-23-26-45-39(29-33)38-28-32(22-25-44(38)47(45)31-13-5-4-6-14-31)48-40-18-10-7-15-34(40)35-16-8-11-19-41(35)48/h4-28,33H,29H2,1-3H3. The molecule has 1 aliphatic rings. The predicted octanol–water partition coefficient (Wildman–Crippen LogP) is 11.9. The van der Waals surface area contributed by atoms with Crippen molar-refractivity contribution in [3.8, 4) is 11.4 Å². The first-order chi connectivity index (χ1) is 24.0. The summed E-state index contributed by atoms with van der Waals surface area (Å²) in [6, 6.07) is 51.7. The Labute approximate surface area is 285 Å². The van der Waals surface area contributed by atoms with Crippen LogP contribution < -0.4 is 0 Å². The van der Waals surface area contributed by atoms with Gasteiger partial charge in [0.05, 0.1) is 22.6 Å². The van der Waals surface area contributed by atoms with Crippen molar-refractivity contribution in [1.82, 2.24) is 13.7 Å². The fourth-order valence-corrected chi connectivity index (χ4v) is 8.43. The van der Waals surface area contributed by atoms with Crippen molar-refractivity contribution < 1.29 is 0 Å². The molecule has 0 fully saturated rings. The molecule has 0 radical (unpaired) electrons. The number of hydrogen-bond acceptors (Lipinski definition) is 0. The minimum atomic E-state index is 0.0877. The van der Waals surface area contributed by atoms with E-state index in [1.165, 1.54) is 82.7 Å². The molecule has 0 bridgehead atoms. The van der Waals surface area contributed by atoms with Gasteiger partial charge in [-0.2, -0.15) is 0 Å². The van der Waals surface area contributed by atoms with Gasteiger partial charge in [0.15, 0.2) is 0 Å². The number of fused-ring (bicyclic) bond motifs is 9. The zero-order valence-corrected chi connectivity index (χ0v) is 28.1. The van der Waals surface area contributed by atoms with E-state index in [4.69, 9.17) is 0 Å². The van der Waals surface area contributed by atoms with Crippen LogP contribution in [0.25, 0.3) is 72.0 Å². The number of nitrogens with zero attached hydrogens (tertiary/aromatic N) is 3. The van der Waals surface area contributed by atoms with Crippen LogP contribution in [0.5, 0.6) is 0 Å². The van der Waals surface area contributed by atoms with E-state index < -0.39 is 0 Å². The fraction of sp³-hybridized carbons (Fsp3) is 0.130. The monoisotopic (exact) mass is 631 g/mol. The number of para-hydroxylation sites is 4. The van der Waals surface area contributed by atoms with Crippen LogP contribution in [-0.4, -0.2) is 13.7 Å². The van der Waals surface area contributed by atoms with Crippen molar-refractivity contribution in [3.63, 3.8) is 0 Å². The molecule has 3 heteroatoms. The van der Waals surface area contributed by atoms with Crippen LogP contribution in [0.1, 0.15) is 43.6 Å². The molecule has 0 aliphatic heterocycles. The van der Waals surface area contributed by atoms with Gasteiger partial charge in [-0.25, -0.2) is 0 Å². The summed E-state index contributed by atoms with van der Waals surface area (Å²) in [6.45, 7) is 6.90. The molecule has 0 spiro atoms. The smallest absolute Gasteiger partial charge is 0.0567 e. The summed E-state index contributed by atoms with van der Waals surface area (Å²) in [7, 11) is 0. The second-order valence-corrected chi connectivity index (χ2v) is 14.6. The first-order valence-electron chi connectivity index (χ1n) is 17.4. The Hall–Kier alpha value is -5.80. The van der Waals surface area contributed by atoms with Crippen molar-refractivity contribution in [1.29, 1.82) is 0 Å². The first-order valence-corrected chi connectivity index (χ1v) is 17.4. The van der Waals surface area contributed by atoms with Crippen LogP contribution in [-0.2, 0) is 11.8 Å². The van der Waals surface area contributed by atoms with Crippen molar-refractivity contribution >= 4 is 60.6 Å². The van der Waals surface area contributed by atoms with Gasteiger partial charge in [0.2, 0.25) is 0 Å². The number of hydrogen-bond donors (Lipinski definition) is 0. The molecule has 0 amide bonds. The topological polar surface area (TPSA) is 14.8 Å². The van der Waals surface area contributed by atoms with Gasteiger partial charge >= 0.3 is 0 Å². The van der Waals surface area contributed by atoms with Gasteiger partial charge in [0.25, 0.3) is 0 Å². The summed E-state index contributed by atoms with van der Waals surface area (Å²) in [4.78, 5) is 0. The molecule has 1 atom stereocenters. The molecular formula is C46H37N3. The molecule has 3 aromatic heterocycles. The van der Waals surface area contributed by atoms with Crippen molar-refractivity contribution in [2.75, 3.05) is 0 Å². The molecule has 6 aromatic carbocycles. The van der Waals surface area contributed by atoms with Crippen molar-refractivity contribution in [2.45, 2.75) is 38.6 Å². The maximum Gasteiger partial charge on any atom is 0.0567 e. The number of rotatable bonds is 3. The highest BCUT2D eigenvalue weighted by Crippen LogP contribution is 2.42. The Balaban J connectivity index is 1.21. The predicted molar refractivity (Wildman–Crippen MR) is 208 cm³/mol. The summed E-state index contributed by atoms with van der Waals surface area (Å²) >= 11 is 0. The molecule has 3 nitrogen and oxygen atoms in total. The minimum Gasteiger partial charge on any atom is -0.333 e. The van der Waals surface area contributed by atoms with E-state index >= 15 is 0 Å². The quantitative estimate of drug-likeness (QED) is 0.184. The lowest BCUT2D eigenvalue weighted by Crippen LogP contribution is -2.14. The largest absolute Gasteiger partial charge is 0.333 e. The van der Waals surface area contributed by atoms with Gasteiger partial charge in [-0.3, -0.25) is 0 Å². The first kappa shape index (κ1) is 28.2. The molecular weight excluding hydrogens is 595 g/mol. The lowest BCUT2D eigenvalue weighted by atomic mass is 9.86. The SMILES string of the molecule is CC(C)(C)c1ccc2c(c1)c1ccccc1n2C1C=Cc2c(c3cc(-n4c5ccccc5c5ccccc54)ccc3n2-c2ccccc2)C1. The Kier molecular flexibility index (Phi) is 5.96. The fourth-order valence-electron chi connectivity index (χ4n) is 8.43. The highest BCUT2D eigenvalue weighted by Gasteiger charge is 2.27. The Morgan fingerprint density at radius 3 is 1.76 bits per heavy atom. The highest BCUT2D eigenvalue weighted by molar-refractivity contribution is 6.10. The van der Waals surface area contributed by atoms with Crippen LogP contribution in [0.15, 0.2) is 146 Å². The molecule has 9 aromatic rings. The molecule has 0 saturated carbocycles. The third kappa shape index (κ3) is 4.15. The third-order valence-corrected chi connectivity index (χ3v) is 10.7. The molecule has 0 N–H and O–H groups in total. The molecule has 236 valence electrons. The van der Waals surface area contributed by atoms with Gasteiger partial charge in [-0.15, -0.1) is 0 Å². The van der Waals surface area contributed by atoms with E-state index in [-0.39, 0.29) is 11.5 Å². The molecule has 0 saturated heterocycles. The van der Waals surface area contributed by atoms with Crippen LogP contribution in [0.4, 0.5) is 0 Å². The summed E-state index contributed by atoms with van der Waals surface area (Å²) < 4.78 is 7.47. The maximum absolute atomic E-state index is 2.58. The summed E-state index contributed by atoms with van der Waals surface area (Å²) in [5, 5.41) is 6.53. The van der Waals surface area contributed by atoms with E-state index in [1.54, 1.807) is 0 Å². The zero-order valence-electron chi connectivity index (χ0n) is 28.1. The van der Waals surface area contributed by atoms with E-state index in [0.717, 1.165) is 6.42 Å². The normalized spacial score (nSPS) is 14.9. The van der Waals surface area contributed by atoms with Crippen molar-refractivity contribution in [3.05, 3.63) is 162 Å². The minimum absolute atomic E-state index is 0.0877. The Morgan fingerprint density at radius 1 is 0.490 bits per heavy atom. The van der Waals surface area contributed by atoms with E-state index in [1.807, 2.05) is 0 Å². The number of allylic oxidation sites excluding steroid dienone is 1. The van der Waals surface area contributed by atoms with E-state index in [2.05, 4.69) is 186 Å². The molecule has 1 unspecified atom stereocenters. The molecule has 3 heterocycles. The number of benzene rings is 6. The van der Waals surface area contributed by atoms with Crippen LogP contribution in [0.2, 0.25) is 0 Å². The number of aromatic nitrogens is 3. The molecule has 10 rings (SSSR count). The lowest BCUT2D eigenvalue weighted by Gasteiger charge is -2.23. The lowest BCUT2D eigenvalue weighted by molar-refractivity contribution is 0.591. The van der Waals surface area contributed by atoms with Gasteiger partial charge in [0, 0.05) is 55.0 Å². The second kappa shape index (κ2) is 10.3. The zero-order chi connectivity index (χ0) is 32.9. The van der Waals surface area contributed by atoms with Crippen LogP contribution >= 0.6 is 0 Å².